The first-order chi connectivity index (χ1) is 17.9. The molecule has 0 amide bonds. The summed E-state index contributed by atoms with van der Waals surface area (Å²) in [5.74, 6) is -14.5. The molecule has 2 aromatic rings. The zero-order valence-electron chi connectivity index (χ0n) is 20.7. The molecule has 1 saturated heterocycles. The summed E-state index contributed by atoms with van der Waals surface area (Å²) in [6, 6.07) is 9.14. The second-order valence-corrected chi connectivity index (χ2v) is 14.1. The molecule has 0 N–H and O–H groups in total. The van der Waals surface area contributed by atoms with Crippen molar-refractivity contribution in [2.24, 2.45) is 0 Å². The van der Waals surface area contributed by atoms with Crippen LogP contribution in [0.2, 0.25) is 0 Å². The van der Waals surface area contributed by atoms with Gasteiger partial charge in [0.2, 0.25) is 0 Å². The molecule has 1 fully saturated rings. The number of halogens is 9. The molecule has 1 heterocycles. The molecule has 0 unspecified atom stereocenters. The van der Waals surface area contributed by atoms with Crippen molar-refractivity contribution in [3.8, 4) is 5.75 Å². The molecule has 0 radical (unpaired) electrons. The van der Waals surface area contributed by atoms with E-state index in [4.69, 9.17) is 4.74 Å². The van der Waals surface area contributed by atoms with Crippen molar-refractivity contribution < 1.29 is 56.3 Å². The average Bonchev–Trinajstić information content (AvgIpc) is 3.31. The zero-order valence-corrected chi connectivity index (χ0v) is 22.3. The predicted molar refractivity (Wildman–Crippen MR) is 129 cm³/mol. The van der Waals surface area contributed by atoms with Gasteiger partial charge in [-0.2, -0.15) is 47.9 Å². The van der Waals surface area contributed by atoms with Crippen LogP contribution in [0, 0.1) is 0 Å². The Labute approximate surface area is 221 Å². The van der Waals surface area contributed by atoms with Crippen molar-refractivity contribution in [2.75, 3.05) is 18.1 Å². The molecule has 2 aromatic carbocycles. The van der Waals surface area contributed by atoms with Gasteiger partial charge in [0.25, 0.3) is 0 Å². The van der Waals surface area contributed by atoms with Gasteiger partial charge in [0.15, 0.2) is 0 Å². The number of rotatable bonds is 12. The molecule has 0 aliphatic carbocycles. The zero-order chi connectivity index (χ0) is 29.3. The second kappa shape index (κ2) is 11.2. The Morgan fingerprint density at radius 1 is 0.795 bits per heavy atom. The van der Waals surface area contributed by atoms with E-state index in [0.29, 0.717) is 23.1 Å². The quantitative estimate of drug-likeness (QED) is 0.178. The third-order valence-corrected chi connectivity index (χ3v) is 12.0. The van der Waals surface area contributed by atoms with E-state index in [1.165, 1.54) is 18.2 Å². The summed E-state index contributed by atoms with van der Waals surface area (Å²) < 4.78 is 156. The monoisotopic (exact) mass is 614 g/mol. The Morgan fingerprint density at radius 2 is 1.38 bits per heavy atom. The third kappa shape index (κ3) is 5.95. The standard InChI is InChI=1S/C24H27F9O4S2/c1-2-3-4-5-12-36-19-10-8-18-16-20(11-9-17(18)15-19)38(13-6-7-14-38)37-39(34,35)24(32,33)22(27,28)21(25,26)23(29,30)31/h8-11,15-16H,2-7,12-14H2,1H3. The number of benzene rings is 2. The number of unbranched alkanes of at least 4 members (excludes halogenated alkanes) is 3. The molecule has 15 heteroatoms. The Kier molecular flexibility index (Phi) is 9.08. The summed E-state index contributed by atoms with van der Waals surface area (Å²) in [5, 5.41) is -5.78. The van der Waals surface area contributed by atoms with Gasteiger partial charge in [-0.25, -0.2) is 3.63 Å². The molecule has 222 valence electrons. The number of alkyl halides is 9. The number of hydrogen-bond donors (Lipinski definition) is 0. The Balaban J connectivity index is 1.91. The van der Waals surface area contributed by atoms with Crippen LogP contribution >= 0.6 is 10.3 Å². The van der Waals surface area contributed by atoms with E-state index >= 15 is 0 Å². The largest absolute Gasteiger partial charge is 0.494 e. The first-order valence-electron chi connectivity index (χ1n) is 12.0. The van der Waals surface area contributed by atoms with Crippen LogP contribution in [0.3, 0.4) is 0 Å². The van der Waals surface area contributed by atoms with Crippen LogP contribution in [-0.2, 0) is 13.7 Å². The highest BCUT2D eigenvalue weighted by Crippen LogP contribution is 2.65. The van der Waals surface area contributed by atoms with Crippen molar-refractivity contribution in [3.05, 3.63) is 36.4 Å². The lowest BCUT2D eigenvalue weighted by atomic mass is 10.1. The van der Waals surface area contributed by atoms with Crippen LogP contribution in [-0.4, -0.2) is 49.8 Å². The molecule has 0 atom stereocenters. The van der Waals surface area contributed by atoms with Crippen LogP contribution in [0.25, 0.3) is 10.8 Å². The van der Waals surface area contributed by atoms with Crippen LogP contribution in [0.5, 0.6) is 5.75 Å². The normalized spacial score (nSPS) is 17.9. The smallest absolute Gasteiger partial charge is 0.460 e. The summed E-state index contributed by atoms with van der Waals surface area (Å²) in [7, 11) is -10.3. The lowest BCUT2D eigenvalue weighted by Gasteiger charge is -2.38. The summed E-state index contributed by atoms with van der Waals surface area (Å²) in [6.07, 6.45) is -2.71. The maximum Gasteiger partial charge on any atom is 0.460 e. The first kappa shape index (κ1) is 31.7. The van der Waals surface area contributed by atoms with Crippen molar-refractivity contribution in [1.29, 1.82) is 0 Å². The molecular formula is C24H27F9O4S2. The second-order valence-electron chi connectivity index (χ2n) is 9.19. The molecule has 0 aromatic heterocycles. The lowest BCUT2D eigenvalue weighted by molar-refractivity contribution is -0.382. The van der Waals surface area contributed by atoms with E-state index in [0.717, 1.165) is 25.7 Å². The van der Waals surface area contributed by atoms with Crippen molar-refractivity contribution >= 4 is 31.2 Å². The number of fused-ring (bicyclic) bond motifs is 1. The van der Waals surface area contributed by atoms with Crippen molar-refractivity contribution in [3.63, 3.8) is 0 Å². The predicted octanol–water partition coefficient (Wildman–Crippen LogP) is 8.44. The van der Waals surface area contributed by atoms with Gasteiger partial charge in [-0.05, 0) is 54.3 Å². The van der Waals surface area contributed by atoms with Gasteiger partial charge in [0, 0.05) is 16.4 Å². The molecule has 0 saturated carbocycles. The van der Waals surface area contributed by atoms with Gasteiger partial charge in [-0.3, -0.25) is 0 Å². The van der Waals surface area contributed by atoms with Gasteiger partial charge in [-0.1, -0.05) is 48.6 Å². The van der Waals surface area contributed by atoms with Gasteiger partial charge < -0.3 is 4.74 Å². The SMILES string of the molecule is CCCCCCOc1ccc2cc(S3(OS(=O)(=O)C(F)(F)C(F)(F)C(F)(F)C(F)(F)F)CCCC3)ccc2c1. The number of hydrogen-bond acceptors (Lipinski definition) is 4. The molecule has 0 spiro atoms. The van der Waals surface area contributed by atoms with E-state index < -0.39 is 43.7 Å². The van der Waals surface area contributed by atoms with Crippen molar-refractivity contribution in [2.45, 2.75) is 73.6 Å². The fraction of sp³-hybridized carbons (Fsp3) is 0.583. The third-order valence-electron chi connectivity index (χ3n) is 6.33. The van der Waals surface area contributed by atoms with Gasteiger partial charge in [-0.15, -0.1) is 0 Å². The topological polar surface area (TPSA) is 52.6 Å². The molecular weight excluding hydrogens is 587 g/mol. The Hall–Kier alpha value is -1.87. The summed E-state index contributed by atoms with van der Waals surface area (Å²) in [5.41, 5.74) is 0. The van der Waals surface area contributed by atoms with E-state index in [2.05, 4.69) is 10.6 Å². The van der Waals surface area contributed by atoms with E-state index in [1.54, 1.807) is 18.2 Å². The van der Waals surface area contributed by atoms with Gasteiger partial charge in [0.05, 0.1) is 6.61 Å². The van der Waals surface area contributed by atoms with Crippen molar-refractivity contribution in [1.82, 2.24) is 0 Å². The lowest BCUT2D eigenvalue weighted by Crippen LogP contribution is -2.63. The Bertz CT molecular complexity index is 1260. The number of ether oxygens (including phenoxy) is 1. The minimum atomic E-state index is -7.35. The maximum absolute atomic E-state index is 14.4. The van der Waals surface area contributed by atoms with Gasteiger partial charge >= 0.3 is 33.4 Å². The molecule has 3 rings (SSSR count). The van der Waals surface area contributed by atoms with Crippen LogP contribution < -0.4 is 4.74 Å². The van der Waals surface area contributed by atoms with Crippen LogP contribution in [0.15, 0.2) is 41.3 Å². The highest BCUT2D eigenvalue weighted by molar-refractivity contribution is 8.33. The fourth-order valence-electron chi connectivity index (χ4n) is 4.09. The molecule has 4 nitrogen and oxygen atoms in total. The van der Waals surface area contributed by atoms with Crippen LogP contribution in [0.1, 0.15) is 45.4 Å². The summed E-state index contributed by atoms with van der Waals surface area (Å²) in [6.45, 7) is 2.55. The highest BCUT2D eigenvalue weighted by Gasteiger charge is 2.86. The average molecular weight is 615 g/mol. The van der Waals surface area contributed by atoms with Gasteiger partial charge in [0.1, 0.15) is 5.75 Å². The molecule has 1 aliphatic heterocycles. The molecule has 39 heavy (non-hydrogen) atoms. The Morgan fingerprint density at radius 3 is 1.97 bits per heavy atom. The summed E-state index contributed by atoms with van der Waals surface area (Å²) >= 11 is 0. The summed E-state index contributed by atoms with van der Waals surface area (Å²) in [4.78, 5) is 0.0472. The minimum Gasteiger partial charge on any atom is -0.494 e. The maximum atomic E-state index is 14.4. The first-order valence-corrected chi connectivity index (χ1v) is 15.3. The van der Waals surface area contributed by atoms with Crippen LogP contribution in [0.4, 0.5) is 39.5 Å². The highest BCUT2D eigenvalue weighted by atomic mass is 32.3. The van der Waals surface area contributed by atoms with E-state index in [9.17, 15) is 47.9 Å². The van der Waals surface area contributed by atoms with E-state index in [-0.39, 0.29) is 29.2 Å². The minimum absolute atomic E-state index is 0.0472. The fourth-order valence-corrected chi connectivity index (χ4v) is 9.78. The molecule has 0 bridgehead atoms. The van der Waals surface area contributed by atoms with E-state index in [1.807, 2.05) is 0 Å². The molecule has 1 aliphatic rings.